The highest BCUT2D eigenvalue weighted by molar-refractivity contribution is 7.91. The standard InChI is InChI=1S/C28H29FN4O5S/c29-23-3-1-2-21-25-22(17-39(35,36)26(21)23)24(27(34)32-12-15-38-28(18-32)8-9-28)30-33(25)20-6-4-19(5-7-20)16-31-10-13-37-14-11-31/h1-7H,8-18H2. The lowest BCUT2D eigenvalue weighted by molar-refractivity contribution is -0.0377. The molecule has 1 aliphatic carbocycles. The molecule has 0 radical (unpaired) electrons. The highest BCUT2D eigenvalue weighted by Crippen LogP contribution is 2.44. The van der Waals surface area contributed by atoms with Crippen LogP contribution in [0.4, 0.5) is 4.39 Å². The molecule has 1 aromatic heterocycles. The van der Waals surface area contributed by atoms with E-state index >= 15 is 0 Å². The van der Waals surface area contributed by atoms with Crippen LogP contribution in [0.25, 0.3) is 16.9 Å². The van der Waals surface area contributed by atoms with E-state index in [9.17, 15) is 17.6 Å². The summed E-state index contributed by atoms with van der Waals surface area (Å²) in [5.74, 6) is -1.61. The minimum absolute atomic E-state index is 0.0959. The number of hydrogen-bond donors (Lipinski definition) is 0. The fraction of sp³-hybridized carbons (Fsp3) is 0.429. The predicted octanol–water partition coefficient (Wildman–Crippen LogP) is 2.80. The van der Waals surface area contributed by atoms with Crippen LogP contribution in [0.15, 0.2) is 47.4 Å². The first-order valence-electron chi connectivity index (χ1n) is 13.3. The Morgan fingerprint density at radius 3 is 2.54 bits per heavy atom. The summed E-state index contributed by atoms with van der Waals surface area (Å²) in [5, 5.41) is 4.72. The number of amides is 1. The van der Waals surface area contributed by atoms with Gasteiger partial charge in [-0.2, -0.15) is 5.10 Å². The van der Waals surface area contributed by atoms with Crippen molar-refractivity contribution in [1.29, 1.82) is 0 Å². The molecule has 3 aromatic rings. The highest BCUT2D eigenvalue weighted by Gasteiger charge is 2.49. The molecular weight excluding hydrogens is 523 g/mol. The van der Waals surface area contributed by atoms with Crippen LogP contribution in [-0.2, 0) is 31.6 Å². The van der Waals surface area contributed by atoms with Crippen molar-refractivity contribution in [1.82, 2.24) is 19.6 Å². The van der Waals surface area contributed by atoms with Gasteiger partial charge in [0.25, 0.3) is 5.91 Å². The quantitative estimate of drug-likeness (QED) is 0.491. The number of aromatic nitrogens is 2. The van der Waals surface area contributed by atoms with Crippen LogP contribution in [0, 0.1) is 5.82 Å². The lowest BCUT2D eigenvalue weighted by atomic mass is 10.0. The summed E-state index contributed by atoms with van der Waals surface area (Å²) in [6.45, 7) is 5.29. The second-order valence-corrected chi connectivity index (χ2v) is 12.7. The zero-order chi connectivity index (χ0) is 26.8. The molecule has 39 heavy (non-hydrogen) atoms. The number of nitrogens with zero attached hydrogens (tertiary/aromatic N) is 4. The Kier molecular flexibility index (Phi) is 5.89. The molecule has 1 amide bonds. The Morgan fingerprint density at radius 2 is 1.79 bits per heavy atom. The van der Waals surface area contributed by atoms with Gasteiger partial charge in [0.2, 0.25) is 0 Å². The van der Waals surface area contributed by atoms with Gasteiger partial charge in [-0.05, 0) is 36.6 Å². The van der Waals surface area contributed by atoms with Crippen LogP contribution in [0.3, 0.4) is 0 Å². The molecule has 4 aliphatic rings. The number of ether oxygens (including phenoxy) is 2. The van der Waals surface area contributed by atoms with Gasteiger partial charge in [-0.1, -0.05) is 24.3 Å². The summed E-state index contributed by atoms with van der Waals surface area (Å²) < 4.78 is 54.3. The fourth-order valence-corrected chi connectivity index (χ4v) is 7.53. The van der Waals surface area contributed by atoms with Gasteiger partial charge in [-0.15, -0.1) is 0 Å². The van der Waals surface area contributed by atoms with E-state index in [-0.39, 0.29) is 27.7 Å². The normalized spacial score (nSPS) is 21.4. The van der Waals surface area contributed by atoms with Crippen LogP contribution in [-0.4, -0.2) is 85.5 Å². The molecule has 0 unspecified atom stereocenters. The molecule has 0 atom stereocenters. The molecule has 11 heteroatoms. The molecule has 1 spiro atoms. The van der Waals surface area contributed by atoms with Gasteiger partial charge in [-0.3, -0.25) is 9.69 Å². The van der Waals surface area contributed by atoms with Crippen molar-refractivity contribution in [3.8, 4) is 16.9 Å². The maximum atomic E-state index is 14.9. The van der Waals surface area contributed by atoms with Gasteiger partial charge in [0.1, 0.15) is 10.7 Å². The monoisotopic (exact) mass is 552 g/mol. The number of halogens is 1. The second kappa shape index (κ2) is 9.22. The number of carbonyl (C=O) groups excluding carboxylic acids is 1. The van der Waals surface area contributed by atoms with E-state index in [2.05, 4.69) is 4.90 Å². The molecule has 3 aliphatic heterocycles. The van der Waals surface area contributed by atoms with Gasteiger partial charge in [-0.25, -0.2) is 17.5 Å². The maximum absolute atomic E-state index is 14.9. The minimum atomic E-state index is -4.01. The average Bonchev–Trinajstić information content (AvgIpc) is 3.56. The first-order chi connectivity index (χ1) is 18.8. The van der Waals surface area contributed by atoms with Crippen LogP contribution in [0.1, 0.15) is 34.5 Å². The molecule has 3 fully saturated rings. The smallest absolute Gasteiger partial charge is 0.274 e. The van der Waals surface area contributed by atoms with Crippen molar-refractivity contribution in [2.24, 2.45) is 0 Å². The number of benzene rings is 2. The number of fused-ring (bicyclic) bond motifs is 3. The third kappa shape index (κ3) is 4.37. The summed E-state index contributed by atoms with van der Waals surface area (Å²) in [7, 11) is -4.01. The summed E-state index contributed by atoms with van der Waals surface area (Å²) >= 11 is 0. The summed E-state index contributed by atoms with van der Waals surface area (Å²) in [6, 6.07) is 12.1. The molecule has 2 aromatic carbocycles. The van der Waals surface area contributed by atoms with Gasteiger partial charge < -0.3 is 14.4 Å². The predicted molar refractivity (Wildman–Crippen MR) is 140 cm³/mol. The minimum Gasteiger partial charge on any atom is -0.379 e. The van der Waals surface area contributed by atoms with E-state index in [1.165, 1.54) is 6.07 Å². The number of morpholine rings is 2. The van der Waals surface area contributed by atoms with Crippen molar-refractivity contribution >= 4 is 15.7 Å². The van der Waals surface area contributed by atoms with Crippen LogP contribution < -0.4 is 0 Å². The first kappa shape index (κ1) is 24.9. The van der Waals surface area contributed by atoms with E-state index < -0.39 is 21.4 Å². The van der Waals surface area contributed by atoms with Crippen molar-refractivity contribution in [2.45, 2.75) is 35.6 Å². The van der Waals surface area contributed by atoms with E-state index in [1.807, 2.05) is 24.3 Å². The van der Waals surface area contributed by atoms with Crippen molar-refractivity contribution < 1.29 is 27.1 Å². The molecule has 2 saturated heterocycles. The van der Waals surface area contributed by atoms with Crippen molar-refractivity contribution in [2.75, 3.05) is 46.0 Å². The molecule has 0 bridgehead atoms. The largest absolute Gasteiger partial charge is 0.379 e. The van der Waals surface area contributed by atoms with E-state index in [4.69, 9.17) is 14.6 Å². The molecule has 204 valence electrons. The number of hydrogen-bond acceptors (Lipinski definition) is 7. The van der Waals surface area contributed by atoms with Crippen LogP contribution >= 0.6 is 0 Å². The first-order valence-corrected chi connectivity index (χ1v) is 15.0. The van der Waals surface area contributed by atoms with Gasteiger partial charge in [0, 0.05) is 37.3 Å². The molecule has 7 rings (SSSR count). The lowest BCUT2D eigenvalue weighted by Gasteiger charge is -2.33. The van der Waals surface area contributed by atoms with Crippen LogP contribution in [0.5, 0.6) is 0 Å². The number of sulfone groups is 1. The lowest BCUT2D eigenvalue weighted by Crippen LogP contribution is -2.47. The third-order valence-corrected chi connectivity index (χ3v) is 9.79. The van der Waals surface area contributed by atoms with Crippen LogP contribution in [0.2, 0.25) is 0 Å². The Bertz CT molecular complexity index is 1560. The zero-order valence-corrected chi connectivity index (χ0v) is 22.3. The number of rotatable bonds is 4. The SMILES string of the molecule is O=C(c1nn(-c2ccc(CN3CCOCC3)cc2)c2c1CS(=O)(=O)c1c(F)cccc1-2)N1CCOC2(CC2)C1. The van der Waals surface area contributed by atoms with E-state index in [0.29, 0.717) is 36.6 Å². The van der Waals surface area contributed by atoms with Crippen molar-refractivity contribution in [3.05, 3.63) is 65.1 Å². The topological polar surface area (TPSA) is 94.0 Å². The Labute approximate surface area is 226 Å². The number of carbonyl (C=O) groups is 1. The Morgan fingerprint density at radius 1 is 1.03 bits per heavy atom. The fourth-order valence-electron chi connectivity index (χ4n) is 5.87. The summed E-state index contributed by atoms with van der Waals surface area (Å²) in [5.41, 5.74) is 2.58. The van der Waals surface area contributed by atoms with Gasteiger partial charge in [0.05, 0.1) is 49.1 Å². The zero-order valence-electron chi connectivity index (χ0n) is 21.4. The average molecular weight is 553 g/mol. The molecule has 4 heterocycles. The Hall–Kier alpha value is -3.12. The van der Waals surface area contributed by atoms with Gasteiger partial charge in [0.15, 0.2) is 15.5 Å². The van der Waals surface area contributed by atoms with E-state index in [1.54, 1.807) is 15.6 Å². The molecular formula is C28H29FN4O5S. The molecule has 1 saturated carbocycles. The third-order valence-electron chi connectivity index (χ3n) is 8.09. The molecule has 9 nitrogen and oxygen atoms in total. The molecule has 0 N–H and O–H groups in total. The Balaban J connectivity index is 1.31. The van der Waals surface area contributed by atoms with Crippen molar-refractivity contribution in [3.63, 3.8) is 0 Å². The van der Waals surface area contributed by atoms with E-state index in [0.717, 1.165) is 57.3 Å². The second-order valence-electron chi connectivity index (χ2n) is 10.8. The highest BCUT2D eigenvalue weighted by atomic mass is 32.2. The summed E-state index contributed by atoms with van der Waals surface area (Å²) in [6.07, 6.45) is 1.81. The van der Waals surface area contributed by atoms with Gasteiger partial charge >= 0.3 is 0 Å². The maximum Gasteiger partial charge on any atom is 0.274 e. The summed E-state index contributed by atoms with van der Waals surface area (Å²) in [4.78, 5) is 17.5.